The van der Waals surface area contributed by atoms with Gasteiger partial charge in [-0.15, -0.1) is 0 Å². The van der Waals surface area contributed by atoms with E-state index in [1.807, 2.05) is 0 Å². The van der Waals surface area contributed by atoms with E-state index >= 15 is 0 Å². The molecule has 0 spiro atoms. The minimum atomic E-state index is -1.30. The third-order valence-corrected chi connectivity index (χ3v) is 4.36. The van der Waals surface area contributed by atoms with E-state index in [4.69, 9.17) is 4.74 Å². The first-order valence-corrected chi connectivity index (χ1v) is 9.37. The molecule has 2 aromatic carbocycles. The Kier molecular flexibility index (Phi) is 8.00. The predicted molar refractivity (Wildman–Crippen MR) is 107 cm³/mol. The number of hydrogen-bond acceptors (Lipinski definition) is 7. The zero-order valence-electron chi connectivity index (χ0n) is 17.7. The first-order chi connectivity index (χ1) is 15.1. The van der Waals surface area contributed by atoms with Crippen LogP contribution in [0.3, 0.4) is 0 Å². The average Bonchev–Trinajstić information content (AvgIpc) is 2.75. The number of hydrogen-bond donors (Lipinski definition) is 1. The van der Waals surface area contributed by atoms with Gasteiger partial charge in [-0.25, -0.2) is 23.2 Å². The molecular formula is C22H21F2NO7. The summed E-state index contributed by atoms with van der Waals surface area (Å²) in [4.78, 5) is 48.9. The molecule has 0 aliphatic heterocycles. The number of nitrogens with one attached hydrogen (secondary N) is 1. The van der Waals surface area contributed by atoms with Gasteiger partial charge >= 0.3 is 17.9 Å². The smallest absolute Gasteiger partial charge is 0.338 e. The molecule has 10 heteroatoms. The van der Waals surface area contributed by atoms with Crippen molar-refractivity contribution in [3.63, 3.8) is 0 Å². The van der Waals surface area contributed by atoms with Gasteiger partial charge in [0, 0.05) is 0 Å². The molecule has 170 valence electrons. The monoisotopic (exact) mass is 449 g/mol. The first kappa shape index (κ1) is 24.4. The van der Waals surface area contributed by atoms with Crippen LogP contribution in [0, 0.1) is 17.6 Å². The molecule has 1 N–H and O–H groups in total. The van der Waals surface area contributed by atoms with Crippen LogP contribution in [0.15, 0.2) is 36.4 Å². The number of amides is 1. The van der Waals surface area contributed by atoms with Gasteiger partial charge in [0.2, 0.25) is 0 Å². The van der Waals surface area contributed by atoms with Gasteiger partial charge in [-0.1, -0.05) is 19.9 Å². The van der Waals surface area contributed by atoms with Gasteiger partial charge < -0.3 is 19.5 Å². The number of carbonyl (C=O) groups is 4. The maximum Gasteiger partial charge on any atom is 0.338 e. The topological polar surface area (TPSA) is 108 Å². The Morgan fingerprint density at radius 3 is 1.81 bits per heavy atom. The Labute approximate surface area is 182 Å². The average molecular weight is 449 g/mol. The van der Waals surface area contributed by atoms with E-state index in [1.54, 1.807) is 13.8 Å². The summed E-state index contributed by atoms with van der Waals surface area (Å²) in [5.74, 6) is -6.63. The fourth-order valence-electron chi connectivity index (χ4n) is 2.73. The van der Waals surface area contributed by atoms with Crippen LogP contribution in [0.4, 0.5) is 8.78 Å². The highest BCUT2D eigenvalue weighted by Gasteiger charge is 2.29. The van der Waals surface area contributed by atoms with Gasteiger partial charge in [0.15, 0.2) is 0 Å². The first-order valence-electron chi connectivity index (χ1n) is 9.37. The number of esters is 3. The van der Waals surface area contributed by atoms with Crippen LogP contribution < -0.4 is 10.1 Å². The van der Waals surface area contributed by atoms with Crippen molar-refractivity contribution in [2.75, 3.05) is 14.2 Å². The molecule has 1 amide bonds. The maximum absolute atomic E-state index is 13.9. The molecule has 0 bridgehead atoms. The summed E-state index contributed by atoms with van der Waals surface area (Å²) in [6, 6.07) is 5.13. The highest BCUT2D eigenvalue weighted by Crippen LogP contribution is 2.21. The molecule has 0 saturated carbocycles. The van der Waals surface area contributed by atoms with Crippen molar-refractivity contribution in [2.24, 2.45) is 5.92 Å². The van der Waals surface area contributed by atoms with E-state index in [-0.39, 0.29) is 16.9 Å². The molecule has 1 atom stereocenters. The van der Waals surface area contributed by atoms with E-state index in [2.05, 4.69) is 14.8 Å². The fraction of sp³-hybridized carbons (Fsp3) is 0.273. The highest BCUT2D eigenvalue weighted by molar-refractivity contribution is 5.98. The summed E-state index contributed by atoms with van der Waals surface area (Å²) in [6.07, 6.45) is 0. The van der Waals surface area contributed by atoms with E-state index in [0.717, 1.165) is 44.6 Å². The van der Waals surface area contributed by atoms with Crippen LogP contribution in [0.25, 0.3) is 0 Å². The lowest BCUT2D eigenvalue weighted by molar-refractivity contribution is -0.137. The van der Waals surface area contributed by atoms with Gasteiger partial charge in [-0.3, -0.25) is 4.79 Å². The summed E-state index contributed by atoms with van der Waals surface area (Å²) in [7, 11) is 2.26. The number of carbonyl (C=O) groups excluding carboxylic acids is 4. The molecule has 0 radical (unpaired) electrons. The largest absolute Gasteiger partial charge is 0.465 e. The van der Waals surface area contributed by atoms with Gasteiger partial charge in [-0.2, -0.15) is 0 Å². The second kappa shape index (κ2) is 10.5. The maximum atomic E-state index is 13.9. The van der Waals surface area contributed by atoms with Crippen LogP contribution in [-0.4, -0.2) is 44.1 Å². The number of rotatable bonds is 7. The lowest BCUT2D eigenvalue weighted by atomic mass is 10.0. The predicted octanol–water partition coefficient (Wildman–Crippen LogP) is 2.90. The van der Waals surface area contributed by atoms with Crippen molar-refractivity contribution >= 4 is 23.8 Å². The van der Waals surface area contributed by atoms with Crippen LogP contribution in [0.5, 0.6) is 5.75 Å². The van der Waals surface area contributed by atoms with Gasteiger partial charge in [0.1, 0.15) is 29.0 Å². The van der Waals surface area contributed by atoms with Gasteiger partial charge in [0.05, 0.1) is 25.3 Å². The van der Waals surface area contributed by atoms with Crippen molar-refractivity contribution < 1.29 is 42.2 Å². The standard InChI is InChI=1S/C22H21F2NO7/c1-11(2)18(25-19(26)17-15(23)6-5-7-16(17)24)22(29)32-14-9-12(20(27)30-3)8-13(10-14)21(28)31-4/h5-11,18H,1-4H3,(H,25,26)/t18-/m0/s1. The van der Waals surface area contributed by atoms with Crippen LogP contribution in [-0.2, 0) is 14.3 Å². The summed E-state index contributed by atoms with van der Waals surface area (Å²) in [5, 5.41) is 2.25. The van der Waals surface area contributed by atoms with Gasteiger partial charge in [-0.05, 0) is 36.2 Å². The minimum Gasteiger partial charge on any atom is -0.465 e. The summed E-state index contributed by atoms with van der Waals surface area (Å²) >= 11 is 0. The minimum absolute atomic E-state index is 0.0863. The quantitative estimate of drug-likeness (QED) is 0.512. The summed E-state index contributed by atoms with van der Waals surface area (Å²) in [6.45, 7) is 3.16. The molecular weight excluding hydrogens is 428 g/mol. The highest BCUT2D eigenvalue weighted by atomic mass is 19.1. The molecule has 0 saturated heterocycles. The summed E-state index contributed by atoms with van der Waals surface area (Å²) in [5.41, 5.74) is -1.01. The molecule has 8 nitrogen and oxygen atoms in total. The second-order valence-electron chi connectivity index (χ2n) is 6.94. The fourth-order valence-corrected chi connectivity index (χ4v) is 2.73. The Balaban J connectivity index is 2.32. The van der Waals surface area contributed by atoms with Crippen molar-refractivity contribution in [1.29, 1.82) is 0 Å². The number of benzene rings is 2. The number of methoxy groups -OCH3 is 2. The zero-order chi connectivity index (χ0) is 24.0. The van der Waals surface area contributed by atoms with Crippen LogP contribution >= 0.6 is 0 Å². The molecule has 2 rings (SSSR count). The van der Waals surface area contributed by atoms with E-state index in [9.17, 15) is 28.0 Å². The Morgan fingerprint density at radius 2 is 1.38 bits per heavy atom. The van der Waals surface area contributed by atoms with E-state index in [0.29, 0.717) is 0 Å². The van der Waals surface area contributed by atoms with Crippen molar-refractivity contribution in [1.82, 2.24) is 5.32 Å². The molecule has 32 heavy (non-hydrogen) atoms. The normalized spacial score (nSPS) is 11.5. The Hall–Kier alpha value is -3.82. The SMILES string of the molecule is COC(=O)c1cc(OC(=O)[C@@H](NC(=O)c2c(F)cccc2F)C(C)C)cc(C(=O)OC)c1. The molecule has 0 unspecified atom stereocenters. The molecule has 2 aromatic rings. The third-order valence-electron chi connectivity index (χ3n) is 4.36. The molecule has 0 aliphatic rings. The van der Waals surface area contributed by atoms with Crippen LogP contribution in [0.2, 0.25) is 0 Å². The van der Waals surface area contributed by atoms with Gasteiger partial charge in [0.25, 0.3) is 5.91 Å². The lowest BCUT2D eigenvalue weighted by Crippen LogP contribution is -2.46. The van der Waals surface area contributed by atoms with Crippen molar-refractivity contribution in [2.45, 2.75) is 19.9 Å². The van der Waals surface area contributed by atoms with Crippen molar-refractivity contribution in [3.05, 3.63) is 64.7 Å². The third kappa shape index (κ3) is 5.65. The molecule has 0 fully saturated rings. The molecule has 0 aromatic heterocycles. The Bertz CT molecular complexity index is 998. The van der Waals surface area contributed by atoms with E-state index in [1.165, 1.54) is 6.07 Å². The molecule has 0 heterocycles. The zero-order valence-corrected chi connectivity index (χ0v) is 17.7. The summed E-state index contributed by atoms with van der Waals surface area (Å²) < 4.78 is 42.3. The van der Waals surface area contributed by atoms with Crippen LogP contribution in [0.1, 0.15) is 44.9 Å². The molecule has 0 aliphatic carbocycles. The lowest BCUT2D eigenvalue weighted by Gasteiger charge is -2.21. The van der Waals surface area contributed by atoms with E-state index < -0.39 is 53.0 Å². The Morgan fingerprint density at radius 1 is 0.875 bits per heavy atom. The second-order valence-corrected chi connectivity index (χ2v) is 6.94. The number of ether oxygens (including phenoxy) is 3. The number of halogens is 2. The van der Waals surface area contributed by atoms with Crippen molar-refractivity contribution in [3.8, 4) is 5.75 Å².